The lowest BCUT2D eigenvalue weighted by Crippen LogP contribution is -2.11. The van der Waals surface area contributed by atoms with Crippen LogP contribution in [0, 0.1) is 0 Å². The molecule has 1 heterocycles. The molecule has 0 spiro atoms. The lowest BCUT2D eigenvalue weighted by molar-refractivity contribution is -0.197. The second kappa shape index (κ2) is 7.64. The second-order valence-corrected chi connectivity index (χ2v) is 4.53. The molecule has 17 heavy (non-hydrogen) atoms. The molecule has 0 N–H and O–H groups in total. The summed E-state index contributed by atoms with van der Waals surface area (Å²) in [6.45, 7) is 7.98. The molecule has 0 fully saturated rings. The van der Waals surface area contributed by atoms with Crippen molar-refractivity contribution >= 4 is 8.60 Å². The first-order chi connectivity index (χ1) is 8.22. The van der Waals surface area contributed by atoms with Gasteiger partial charge in [0, 0.05) is 0 Å². The summed E-state index contributed by atoms with van der Waals surface area (Å²) in [5, 5.41) is 0. The van der Waals surface area contributed by atoms with Crippen molar-refractivity contribution < 1.29 is 13.9 Å². The first-order valence-electron chi connectivity index (χ1n) is 6.09. The molecular weight excluding hydrogens is 239 g/mol. The minimum atomic E-state index is -2.08. The van der Waals surface area contributed by atoms with Crippen LogP contribution in [-0.4, -0.2) is 15.7 Å². The van der Waals surface area contributed by atoms with Crippen LogP contribution in [0.2, 0.25) is 0 Å². The molecule has 0 aliphatic carbocycles. The number of hydrogen-bond donors (Lipinski definition) is 0. The van der Waals surface area contributed by atoms with E-state index in [1.807, 2.05) is 28.5 Å². The van der Waals surface area contributed by atoms with E-state index in [-0.39, 0.29) is 0 Å². The summed E-state index contributed by atoms with van der Waals surface area (Å²) in [5.41, 5.74) is 0. The van der Waals surface area contributed by atoms with Gasteiger partial charge in [-0.2, -0.15) is 9.13 Å². The zero-order valence-electron chi connectivity index (χ0n) is 10.8. The fourth-order valence-corrected chi connectivity index (χ4v) is 2.10. The highest BCUT2D eigenvalue weighted by Crippen LogP contribution is 2.31. The molecule has 0 aliphatic rings. The van der Waals surface area contributed by atoms with E-state index in [0.717, 1.165) is 25.9 Å². The molecule has 0 saturated carbocycles. The van der Waals surface area contributed by atoms with Gasteiger partial charge in [-0.05, 0) is 20.3 Å². The van der Waals surface area contributed by atoms with Crippen molar-refractivity contribution in [2.75, 3.05) is 6.61 Å². The quantitative estimate of drug-likeness (QED) is 0.532. The number of imidazole rings is 1. The second-order valence-electron chi connectivity index (χ2n) is 3.65. The summed E-state index contributed by atoms with van der Waals surface area (Å²) in [4.78, 5) is 11.5. The van der Waals surface area contributed by atoms with Crippen LogP contribution in [0.25, 0.3) is 0 Å². The van der Waals surface area contributed by atoms with E-state index in [1.165, 1.54) is 0 Å². The summed E-state index contributed by atoms with van der Waals surface area (Å²) in [5.74, 6) is 0. The van der Waals surface area contributed by atoms with E-state index in [2.05, 4.69) is 6.92 Å². The molecule has 6 heteroatoms. The van der Waals surface area contributed by atoms with Crippen molar-refractivity contribution in [3.05, 3.63) is 12.4 Å². The Hall–Kier alpha value is -0.640. The fourth-order valence-electron chi connectivity index (χ4n) is 1.50. The van der Waals surface area contributed by atoms with E-state index in [0.29, 0.717) is 12.6 Å². The Morgan fingerprint density at radius 2 is 1.94 bits per heavy atom. The third-order valence-electron chi connectivity index (χ3n) is 2.40. The number of aryl methyl sites for hydroxylation is 2. The van der Waals surface area contributed by atoms with Crippen molar-refractivity contribution in [3.8, 4) is 6.01 Å². The summed E-state index contributed by atoms with van der Waals surface area (Å²) >= 11 is 0. The molecule has 1 aromatic heterocycles. The largest absolute Gasteiger partial charge is 0.774 e. The standard InChI is InChI=1S/C11H21N2O3P/c1-4-7-8-13-10-9-12(5-2)11(13)16-17(14)15-6-3/h9-10H,4-8H2,1-3H3. The normalized spacial score (nSPS) is 12.7. The smallest absolute Gasteiger partial charge is 0.386 e. The monoisotopic (exact) mass is 260 g/mol. The first kappa shape index (κ1) is 14.4. The van der Waals surface area contributed by atoms with E-state index >= 15 is 0 Å². The maximum atomic E-state index is 11.5. The van der Waals surface area contributed by atoms with Crippen molar-refractivity contribution in [1.29, 1.82) is 0 Å². The van der Waals surface area contributed by atoms with Crippen LogP contribution in [0.5, 0.6) is 6.01 Å². The molecule has 1 rings (SSSR count). The van der Waals surface area contributed by atoms with Crippen molar-refractivity contribution in [1.82, 2.24) is 9.13 Å². The average Bonchev–Trinajstić information content (AvgIpc) is 2.69. The Balaban J connectivity index is 2.74. The Morgan fingerprint density at radius 1 is 1.24 bits per heavy atom. The van der Waals surface area contributed by atoms with Gasteiger partial charge in [0.2, 0.25) is 0 Å². The number of rotatable bonds is 8. The summed E-state index contributed by atoms with van der Waals surface area (Å²) in [7, 11) is -2.08. The Bertz CT molecular complexity index is 331. The van der Waals surface area contributed by atoms with Crippen molar-refractivity contribution in [2.24, 2.45) is 0 Å². The predicted octanol–water partition coefficient (Wildman–Crippen LogP) is 2.39. The summed E-state index contributed by atoms with van der Waals surface area (Å²) in [6.07, 6.45) is 6.06. The molecule has 0 radical (unpaired) electrons. The minimum absolute atomic E-state index is 0.386. The maximum Gasteiger partial charge on any atom is 0.386 e. The zero-order chi connectivity index (χ0) is 12.7. The van der Waals surface area contributed by atoms with Crippen molar-refractivity contribution in [2.45, 2.75) is 46.7 Å². The van der Waals surface area contributed by atoms with Gasteiger partial charge in [0.15, 0.2) is 21.0 Å². The van der Waals surface area contributed by atoms with Gasteiger partial charge in [-0.15, -0.1) is 0 Å². The molecule has 98 valence electrons. The maximum absolute atomic E-state index is 11.5. The number of hydrogen-bond acceptors (Lipinski definition) is 3. The lowest BCUT2D eigenvalue weighted by atomic mass is 10.3. The Labute approximate surface area is 104 Å². The van der Waals surface area contributed by atoms with Crippen LogP contribution >= 0.6 is 8.60 Å². The molecule has 5 nitrogen and oxygen atoms in total. The summed E-state index contributed by atoms with van der Waals surface area (Å²) in [6, 6.07) is 0.607. The van der Waals surface area contributed by atoms with Crippen LogP contribution < -0.4 is 9.42 Å². The minimum Gasteiger partial charge on any atom is -0.774 e. The van der Waals surface area contributed by atoms with Crippen LogP contribution in [0.3, 0.4) is 0 Å². The van der Waals surface area contributed by atoms with E-state index in [1.54, 1.807) is 6.92 Å². The van der Waals surface area contributed by atoms with Crippen LogP contribution in [-0.2, 0) is 17.6 Å². The van der Waals surface area contributed by atoms with Crippen molar-refractivity contribution in [3.63, 3.8) is 0 Å². The number of unbranched alkanes of at least 4 members (excludes halogenated alkanes) is 1. The highest BCUT2D eigenvalue weighted by molar-refractivity contribution is 7.39. The van der Waals surface area contributed by atoms with Crippen LogP contribution in [0.1, 0.15) is 33.6 Å². The molecule has 1 atom stereocenters. The summed E-state index contributed by atoms with van der Waals surface area (Å²) < 4.78 is 14.2. The molecule has 1 aromatic rings. The van der Waals surface area contributed by atoms with Gasteiger partial charge in [-0.1, -0.05) is 13.3 Å². The van der Waals surface area contributed by atoms with Gasteiger partial charge in [0.25, 0.3) is 0 Å². The molecule has 0 saturated heterocycles. The highest BCUT2D eigenvalue weighted by Gasteiger charge is 2.17. The van der Waals surface area contributed by atoms with Gasteiger partial charge in [-0.3, -0.25) is 0 Å². The topological polar surface area (TPSA) is 51.4 Å². The highest BCUT2D eigenvalue weighted by atomic mass is 31.2. The van der Waals surface area contributed by atoms with Gasteiger partial charge in [0.1, 0.15) is 0 Å². The average molecular weight is 260 g/mol. The van der Waals surface area contributed by atoms with Gasteiger partial charge in [-0.25, -0.2) is 0 Å². The van der Waals surface area contributed by atoms with Gasteiger partial charge < -0.3 is 13.9 Å². The molecule has 1 unspecified atom stereocenters. The first-order valence-corrected chi connectivity index (χ1v) is 7.19. The molecule has 0 aliphatic heterocycles. The molecule has 0 aromatic carbocycles. The third-order valence-corrected chi connectivity index (χ3v) is 3.18. The van der Waals surface area contributed by atoms with Crippen LogP contribution in [0.4, 0.5) is 0 Å². The Kier molecular flexibility index (Phi) is 6.48. The zero-order valence-corrected chi connectivity index (χ0v) is 11.7. The number of nitrogens with zero attached hydrogens (tertiary/aromatic N) is 2. The van der Waals surface area contributed by atoms with Gasteiger partial charge >= 0.3 is 6.01 Å². The molecular formula is C11H21N2O3P. The van der Waals surface area contributed by atoms with Crippen LogP contribution in [0.15, 0.2) is 12.4 Å². The van der Waals surface area contributed by atoms with E-state index in [9.17, 15) is 4.89 Å². The fraction of sp³-hybridized carbons (Fsp3) is 0.727. The van der Waals surface area contributed by atoms with E-state index < -0.39 is 8.60 Å². The molecule has 0 bridgehead atoms. The molecule has 0 amide bonds. The predicted molar refractivity (Wildman–Crippen MR) is 66.6 cm³/mol. The Morgan fingerprint density at radius 3 is 2.53 bits per heavy atom. The van der Waals surface area contributed by atoms with Gasteiger partial charge in [0.05, 0.1) is 19.7 Å². The SMILES string of the molecule is CCCCn1ccn(CC)[c+]1OP([O-])OCC. The van der Waals surface area contributed by atoms with E-state index in [4.69, 9.17) is 9.05 Å². The number of aromatic nitrogens is 2. The lowest BCUT2D eigenvalue weighted by Gasteiger charge is -2.19. The third kappa shape index (κ3) is 4.26.